The van der Waals surface area contributed by atoms with Crippen LogP contribution in [-0.4, -0.2) is 63.6 Å². The molecule has 0 radical (unpaired) electrons. The summed E-state index contributed by atoms with van der Waals surface area (Å²) in [5, 5.41) is 16.7. The minimum atomic E-state index is -6.00. The zero-order chi connectivity index (χ0) is 32.3. The van der Waals surface area contributed by atoms with Crippen LogP contribution >= 0.6 is 45.2 Å². The third kappa shape index (κ3) is 14.6. The van der Waals surface area contributed by atoms with E-state index in [1.807, 2.05) is 73.3 Å². The van der Waals surface area contributed by atoms with Crippen LogP contribution in [0.4, 0.5) is 34.5 Å². The van der Waals surface area contributed by atoms with Crippen molar-refractivity contribution in [3.8, 4) is 23.3 Å². The summed E-state index contributed by atoms with van der Waals surface area (Å²) in [6.07, 6.45) is 14.4. The quantitative estimate of drug-likeness (QED) is 0.111. The Morgan fingerprint density at radius 2 is 0.644 bits per heavy atom. The van der Waals surface area contributed by atoms with Crippen LogP contribution in [0.1, 0.15) is 0 Å². The molecule has 0 amide bonds. The van der Waals surface area contributed by atoms with Crippen molar-refractivity contribution in [2.45, 2.75) is 0 Å². The van der Waals surface area contributed by atoms with Crippen LogP contribution < -0.4 is 0 Å². The van der Waals surface area contributed by atoms with Crippen molar-refractivity contribution < 1.29 is 51.6 Å². The number of rotatable bonds is 4. The maximum atomic E-state index is 9.75. The van der Waals surface area contributed by atoms with E-state index in [0.717, 1.165) is 30.4 Å². The van der Waals surface area contributed by atoms with Crippen LogP contribution in [-0.2, 0) is 17.1 Å². The number of hydrogen-bond donors (Lipinski definition) is 0. The molecule has 10 nitrogen and oxygen atoms in total. The van der Waals surface area contributed by atoms with Crippen molar-refractivity contribution in [3.63, 3.8) is 0 Å². The molecule has 0 aromatic carbocycles. The summed E-state index contributed by atoms with van der Waals surface area (Å²) in [5.74, 6) is 3.14. The van der Waals surface area contributed by atoms with Crippen molar-refractivity contribution in [2.75, 3.05) is 0 Å². The van der Waals surface area contributed by atoms with Crippen molar-refractivity contribution in [2.24, 2.45) is 0 Å². The van der Waals surface area contributed by atoms with Gasteiger partial charge in [-0.15, -0.1) is 0 Å². The minimum absolute atomic E-state index is 0. The molecule has 6 aromatic heterocycles. The molecule has 6 aromatic rings. The summed E-state index contributed by atoms with van der Waals surface area (Å²) in [4.78, 5) is 9.03. The van der Waals surface area contributed by atoms with E-state index in [1.165, 1.54) is 0 Å². The molecule has 0 fully saturated rings. The number of hydrogen-bond acceptors (Lipinski definition) is 6. The van der Waals surface area contributed by atoms with Gasteiger partial charge in [0.1, 0.15) is 0 Å². The van der Waals surface area contributed by atoms with Gasteiger partial charge in [0.2, 0.25) is 0 Å². The zero-order valence-corrected chi connectivity index (χ0v) is 27.4. The van der Waals surface area contributed by atoms with Gasteiger partial charge >= 0.3 is 31.6 Å². The molecule has 45 heavy (non-hydrogen) atoms. The summed E-state index contributed by atoms with van der Waals surface area (Å²) >= 11 is 4.52. The Kier molecular flexibility index (Phi) is 14.6. The summed E-state index contributed by atoms with van der Waals surface area (Å²) in [6.45, 7) is 0. The zero-order valence-electron chi connectivity index (χ0n) is 22.0. The van der Waals surface area contributed by atoms with Gasteiger partial charge in [-0.05, 0) is 93.7 Å². The smallest absolute Gasteiger partial charge is 0.418 e. The molecule has 238 valence electrons. The Bertz CT molecular complexity index is 1450. The molecule has 0 unspecified atom stereocenters. The Morgan fingerprint density at radius 3 is 0.800 bits per heavy atom. The molecule has 0 saturated carbocycles. The fraction of sp³-hybridized carbons (Fsp3) is 0. The summed E-state index contributed by atoms with van der Waals surface area (Å²) < 4.78 is 87.1. The van der Waals surface area contributed by atoms with E-state index in [4.69, 9.17) is 0 Å². The number of pyridine rings is 2. The van der Waals surface area contributed by atoms with Crippen molar-refractivity contribution in [1.29, 1.82) is 0 Å². The van der Waals surface area contributed by atoms with E-state index in [0.29, 0.717) is 0 Å². The standard InChI is InChI=1S/2C11H8IN5.2BF4.Fe/c2*12-9-7-10(16-5-1-3-13-16)15-11(8-9)17-6-2-4-14-17;2*2-1(3,4)5;/h2*1-8H;;;/q;;2*-1;+2. The second kappa shape index (κ2) is 17.4. The summed E-state index contributed by atoms with van der Waals surface area (Å²) in [5.41, 5.74) is 0. The molecule has 0 aliphatic rings. The second-order valence-corrected chi connectivity index (χ2v) is 10.3. The molecular weight excluding hydrogens is 888 g/mol. The van der Waals surface area contributed by atoms with Gasteiger partial charge in [-0.25, -0.2) is 28.7 Å². The second-order valence-electron chi connectivity index (χ2n) is 7.80. The van der Waals surface area contributed by atoms with E-state index in [2.05, 4.69) is 75.5 Å². The third-order valence-electron chi connectivity index (χ3n) is 4.48. The maximum Gasteiger partial charge on any atom is 2.00 e. The molecule has 0 spiro atoms. The van der Waals surface area contributed by atoms with Gasteiger partial charge in [0, 0.05) is 56.7 Å². The van der Waals surface area contributed by atoms with Gasteiger partial charge in [-0.2, -0.15) is 20.4 Å². The fourth-order valence-corrected chi connectivity index (χ4v) is 4.14. The van der Waals surface area contributed by atoms with Crippen molar-refractivity contribution in [3.05, 3.63) is 105 Å². The topological polar surface area (TPSA) is 97.1 Å². The third-order valence-corrected chi connectivity index (χ3v) is 5.73. The van der Waals surface area contributed by atoms with Gasteiger partial charge in [0.15, 0.2) is 23.3 Å². The van der Waals surface area contributed by atoms with Crippen LogP contribution in [0, 0.1) is 7.14 Å². The average Bonchev–Trinajstić information content (AvgIpc) is 3.76. The molecule has 0 saturated heterocycles. The molecule has 0 N–H and O–H groups in total. The summed E-state index contributed by atoms with van der Waals surface area (Å²) in [7, 11) is -12.0. The summed E-state index contributed by atoms with van der Waals surface area (Å²) in [6, 6.07) is 15.4. The van der Waals surface area contributed by atoms with Gasteiger partial charge in [0.25, 0.3) is 0 Å². The van der Waals surface area contributed by atoms with Crippen molar-refractivity contribution in [1.82, 2.24) is 49.1 Å². The van der Waals surface area contributed by atoms with Gasteiger partial charge in [0.05, 0.1) is 0 Å². The Morgan fingerprint density at radius 1 is 0.444 bits per heavy atom. The minimum Gasteiger partial charge on any atom is -0.418 e. The maximum absolute atomic E-state index is 9.75. The molecular formula is C22H16B2F8FeI2N10. The average molecular weight is 904 g/mol. The van der Waals surface area contributed by atoms with Crippen LogP contribution in [0.15, 0.2) is 98.1 Å². The van der Waals surface area contributed by atoms with E-state index < -0.39 is 14.5 Å². The Hall–Kier alpha value is -3.31. The largest absolute Gasteiger partial charge is 2.00 e. The molecule has 23 heteroatoms. The van der Waals surface area contributed by atoms with Gasteiger partial charge in [-0.3, -0.25) is 0 Å². The fourth-order valence-electron chi connectivity index (χ4n) is 3.03. The number of nitrogens with zero attached hydrogens (tertiary/aromatic N) is 10. The molecule has 6 heterocycles. The van der Waals surface area contributed by atoms with Crippen LogP contribution in [0.2, 0.25) is 0 Å². The Labute approximate surface area is 287 Å². The number of halogens is 10. The normalized spacial score (nSPS) is 10.7. The molecule has 0 bridgehead atoms. The first-order chi connectivity index (χ1) is 20.7. The van der Waals surface area contributed by atoms with E-state index >= 15 is 0 Å². The van der Waals surface area contributed by atoms with Crippen LogP contribution in [0.25, 0.3) is 23.3 Å². The van der Waals surface area contributed by atoms with Crippen LogP contribution in [0.5, 0.6) is 0 Å². The van der Waals surface area contributed by atoms with Crippen molar-refractivity contribution >= 4 is 59.7 Å². The Balaban J connectivity index is 0.000000239. The first-order valence-corrected chi connectivity index (χ1v) is 13.9. The first kappa shape index (κ1) is 37.9. The first-order valence-electron chi connectivity index (χ1n) is 11.8. The number of aromatic nitrogens is 10. The van der Waals surface area contributed by atoms with Gasteiger partial charge < -0.3 is 34.5 Å². The van der Waals surface area contributed by atoms with E-state index in [-0.39, 0.29) is 17.1 Å². The molecule has 0 aliphatic heterocycles. The monoisotopic (exact) mass is 904 g/mol. The molecule has 0 aliphatic carbocycles. The molecule has 6 rings (SSSR count). The SMILES string of the molecule is F[B-](F)(F)F.F[B-](F)(F)F.Ic1cc(-n2cccn2)nc(-n2cccn2)c1.Ic1cc(-n2cccn2)nc(-n2cccn2)c1.[Fe+2]. The predicted molar refractivity (Wildman–Crippen MR) is 163 cm³/mol. The molecule has 0 atom stereocenters. The van der Waals surface area contributed by atoms with Crippen LogP contribution in [0.3, 0.4) is 0 Å². The predicted octanol–water partition coefficient (Wildman–Crippen LogP) is 6.71. The van der Waals surface area contributed by atoms with E-state index in [9.17, 15) is 34.5 Å². The van der Waals surface area contributed by atoms with E-state index in [1.54, 1.807) is 43.5 Å². The van der Waals surface area contributed by atoms with Gasteiger partial charge in [-0.1, -0.05) is 0 Å².